The van der Waals surface area contributed by atoms with Crippen LogP contribution in [-0.4, -0.2) is 16.2 Å². The van der Waals surface area contributed by atoms with Crippen LogP contribution in [0.2, 0.25) is 0 Å². The smallest absolute Gasteiger partial charge is 0.144 e. The molecule has 1 aliphatic carbocycles. The van der Waals surface area contributed by atoms with E-state index in [1.807, 2.05) is 12.3 Å². The van der Waals surface area contributed by atoms with Crippen LogP contribution in [0, 0.1) is 0 Å². The van der Waals surface area contributed by atoms with E-state index in [-0.39, 0.29) is 0 Å². The largest absolute Gasteiger partial charge is 0.308 e. The maximum Gasteiger partial charge on any atom is 0.144 e. The van der Waals surface area contributed by atoms with Crippen LogP contribution in [0.4, 0.5) is 5.82 Å². The summed E-state index contributed by atoms with van der Waals surface area (Å²) in [6, 6.07) is 1.86. The van der Waals surface area contributed by atoms with Gasteiger partial charge in [0.05, 0.1) is 0 Å². The number of nitrogens with one attached hydrogen (secondary N) is 1. The van der Waals surface area contributed by atoms with Crippen molar-refractivity contribution in [2.75, 3.05) is 11.7 Å². The molecule has 1 fully saturated rings. The van der Waals surface area contributed by atoms with Gasteiger partial charge in [0.1, 0.15) is 16.7 Å². The summed E-state index contributed by atoms with van der Waals surface area (Å²) in [7, 11) is 0. The Morgan fingerprint density at radius 2 is 2.31 bits per heavy atom. The van der Waals surface area contributed by atoms with Crippen molar-refractivity contribution >= 4 is 17.6 Å². The topological polar surface area (TPSA) is 63.8 Å². The van der Waals surface area contributed by atoms with E-state index in [1.165, 1.54) is 12.8 Å². The maximum atomic E-state index is 5.31. The van der Waals surface area contributed by atoms with Gasteiger partial charge in [0, 0.05) is 12.0 Å². The average Bonchev–Trinajstić information content (AvgIpc) is 3.00. The van der Waals surface area contributed by atoms with E-state index in [0.29, 0.717) is 11.7 Å². The van der Waals surface area contributed by atoms with Gasteiger partial charge in [-0.1, -0.05) is 0 Å². The second-order valence-corrected chi connectivity index (χ2v) is 3.90. The fraction of sp³-hybridized carbons (Fsp3) is 0.500. The fourth-order valence-corrected chi connectivity index (χ4v) is 1.56. The molecular weight excluding hydrogens is 184 g/mol. The normalized spacial score (nSPS) is 15.8. The second kappa shape index (κ2) is 3.51. The van der Waals surface area contributed by atoms with Gasteiger partial charge in [-0.05, 0) is 19.1 Å². The lowest BCUT2D eigenvalue weighted by Crippen LogP contribution is -2.10. The van der Waals surface area contributed by atoms with Crippen LogP contribution in [0.25, 0.3) is 0 Å². The number of nitrogens with two attached hydrogens (primary N) is 1. The van der Waals surface area contributed by atoms with Crippen molar-refractivity contribution in [3.63, 3.8) is 0 Å². The number of hydrogen-bond acceptors (Lipinski definition) is 5. The molecule has 70 valence electrons. The lowest BCUT2D eigenvalue weighted by atomic mass is 10.4. The standard InChI is InChI=1S/C8H12N4S/c1-13-7-4-6(12-9)10-8(11-7)5-2-3-5/h4-5H,2-3,9H2,1H3,(H,10,11,12). The molecule has 0 aliphatic heterocycles. The molecule has 2 rings (SSSR count). The Balaban J connectivity index is 2.33. The lowest BCUT2D eigenvalue weighted by molar-refractivity contribution is 0.879. The molecule has 1 heterocycles. The highest BCUT2D eigenvalue weighted by atomic mass is 32.2. The number of aromatic nitrogens is 2. The van der Waals surface area contributed by atoms with Crippen LogP contribution in [0.1, 0.15) is 24.6 Å². The average molecular weight is 196 g/mol. The van der Waals surface area contributed by atoms with Gasteiger partial charge in [-0.15, -0.1) is 11.8 Å². The number of nitrogens with zero attached hydrogens (tertiary/aromatic N) is 2. The third-order valence-corrected chi connectivity index (χ3v) is 2.65. The van der Waals surface area contributed by atoms with Crippen molar-refractivity contribution in [3.8, 4) is 0 Å². The van der Waals surface area contributed by atoms with Crippen molar-refractivity contribution in [3.05, 3.63) is 11.9 Å². The van der Waals surface area contributed by atoms with Crippen molar-refractivity contribution in [2.45, 2.75) is 23.8 Å². The van der Waals surface area contributed by atoms with Gasteiger partial charge in [-0.3, -0.25) is 0 Å². The molecule has 0 spiro atoms. The Kier molecular flexibility index (Phi) is 2.37. The minimum Gasteiger partial charge on any atom is -0.308 e. The number of hydrazine groups is 1. The molecule has 13 heavy (non-hydrogen) atoms. The summed E-state index contributed by atoms with van der Waals surface area (Å²) in [4.78, 5) is 8.72. The van der Waals surface area contributed by atoms with Crippen molar-refractivity contribution in [1.29, 1.82) is 0 Å². The predicted octanol–water partition coefficient (Wildman–Crippen LogP) is 1.36. The first-order valence-electron chi connectivity index (χ1n) is 4.23. The van der Waals surface area contributed by atoms with Gasteiger partial charge >= 0.3 is 0 Å². The highest BCUT2D eigenvalue weighted by molar-refractivity contribution is 7.98. The molecule has 1 aliphatic rings. The Bertz CT molecular complexity index is 289. The van der Waals surface area contributed by atoms with Gasteiger partial charge in [0.15, 0.2) is 0 Å². The molecule has 0 bridgehead atoms. The van der Waals surface area contributed by atoms with Crippen LogP contribution in [0.5, 0.6) is 0 Å². The zero-order chi connectivity index (χ0) is 9.26. The highest BCUT2D eigenvalue weighted by Gasteiger charge is 2.27. The van der Waals surface area contributed by atoms with Gasteiger partial charge in [-0.2, -0.15) is 0 Å². The summed E-state index contributed by atoms with van der Waals surface area (Å²) in [6.07, 6.45) is 4.42. The molecule has 1 aromatic heterocycles. The van der Waals surface area contributed by atoms with E-state index in [0.717, 1.165) is 10.9 Å². The van der Waals surface area contributed by atoms with Gasteiger partial charge in [0.2, 0.25) is 0 Å². The SMILES string of the molecule is CSc1cc(NN)nc(C2CC2)n1. The zero-order valence-electron chi connectivity index (χ0n) is 7.45. The van der Waals surface area contributed by atoms with E-state index in [4.69, 9.17) is 5.84 Å². The number of nitrogen functional groups attached to an aromatic ring is 1. The van der Waals surface area contributed by atoms with E-state index in [9.17, 15) is 0 Å². The molecule has 0 unspecified atom stereocenters. The van der Waals surface area contributed by atoms with Gasteiger partial charge in [-0.25, -0.2) is 15.8 Å². The Morgan fingerprint density at radius 1 is 1.54 bits per heavy atom. The van der Waals surface area contributed by atoms with Crippen LogP contribution < -0.4 is 11.3 Å². The second-order valence-electron chi connectivity index (χ2n) is 3.07. The molecule has 1 saturated carbocycles. The third kappa shape index (κ3) is 1.92. The highest BCUT2D eigenvalue weighted by Crippen LogP contribution is 2.38. The summed E-state index contributed by atoms with van der Waals surface area (Å²) in [5.74, 6) is 7.52. The fourth-order valence-electron chi connectivity index (χ4n) is 1.15. The summed E-state index contributed by atoms with van der Waals surface area (Å²) >= 11 is 1.61. The summed E-state index contributed by atoms with van der Waals surface area (Å²) in [5.41, 5.74) is 2.56. The zero-order valence-corrected chi connectivity index (χ0v) is 8.27. The van der Waals surface area contributed by atoms with Crippen LogP contribution in [0.15, 0.2) is 11.1 Å². The third-order valence-electron chi connectivity index (χ3n) is 2.02. The van der Waals surface area contributed by atoms with E-state index < -0.39 is 0 Å². The number of thioether (sulfide) groups is 1. The molecule has 4 nitrogen and oxygen atoms in total. The summed E-state index contributed by atoms with van der Waals surface area (Å²) in [5, 5.41) is 0.977. The van der Waals surface area contributed by atoms with Gasteiger partial charge < -0.3 is 5.43 Å². The Morgan fingerprint density at radius 3 is 2.85 bits per heavy atom. The molecule has 0 amide bonds. The Labute approximate surface area is 81.3 Å². The van der Waals surface area contributed by atoms with Crippen molar-refractivity contribution < 1.29 is 0 Å². The van der Waals surface area contributed by atoms with E-state index >= 15 is 0 Å². The molecule has 0 saturated heterocycles. The first-order chi connectivity index (χ1) is 6.33. The minimum atomic E-state index is 0.569. The van der Waals surface area contributed by atoms with Crippen LogP contribution in [-0.2, 0) is 0 Å². The predicted molar refractivity (Wildman–Crippen MR) is 53.6 cm³/mol. The van der Waals surface area contributed by atoms with Crippen LogP contribution >= 0.6 is 11.8 Å². The van der Waals surface area contributed by atoms with E-state index in [2.05, 4.69) is 15.4 Å². The van der Waals surface area contributed by atoms with Crippen LogP contribution in [0.3, 0.4) is 0 Å². The number of hydrogen-bond donors (Lipinski definition) is 2. The number of anilines is 1. The minimum absolute atomic E-state index is 0.569. The molecular formula is C8H12N4S. The van der Waals surface area contributed by atoms with Gasteiger partial charge in [0.25, 0.3) is 0 Å². The summed E-state index contributed by atoms with van der Waals surface area (Å²) in [6.45, 7) is 0. The monoisotopic (exact) mass is 196 g/mol. The first kappa shape index (κ1) is 8.77. The lowest BCUT2D eigenvalue weighted by Gasteiger charge is -2.04. The van der Waals surface area contributed by atoms with E-state index in [1.54, 1.807) is 11.8 Å². The molecule has 0 radical (unpaired) electrons. The quantitative estimate of drug-likeness (QED) is 0.331. The van der Waals surface area contributed by atoms with Crippen molar-refractivity contribution in [1.82, 2.24) is 9.97 Å². The number of rotatable bonds is 3. The molecule has 1 aromatic rings. The summed E-state index contributed by atoms with van der Waals surface area (Å²) < 4.78 is 0. The first-order valence-corrected chi connectivity index (χ1v) is 5.45. The Hall–Kier alpha value is -0.810. The maximum absolute atomic E-state index is 5.31. The molecule has 0 atom stereocenters. The van der Waals surface area contributed by atoms with Crippen molar-refractivity contribution in [2.24, 2.45) is 5.84 Å². The molecule has 3 N–H and O–H groups in total. The molecule has 0 aromatic carbocycles. The molecule has 5 heteroatoms.